The topological polar surface area (TPSA) is 29.5 Å². The predicted octanol–water partition coefficient (Wildman–Crippen LogP) is 4.29. The van der Waals surface area contributed by atoms with Crippen molar-refractivity contribution in [3.05, 3.63) is 34.9 Å². The van der Waals surface area contributed by atoms with Gasteiger partial charge in [0.05, 0.1) is 11.2 Å². The summed E-state index contributed by atoms with van der Waals surface area (Å²) in [5.41, 5.74) is -0.805. The van der Waals surface area contributed by atoms with E-state index in [1.165, 1.54) is 12.1 Å². The van der Waals surface area contributed by atoms with Gasteiger partial charge in [-0.2, -0.15) is 0 Å². The van der Waals surface area contributed by atoms with Gasteiger partial charge in [-0.15, -0.1) is 0 Å². The molecule has 0 radical (unpaired) electrons. The van der Waals surface area contributed by atoms with Crippen LogP contribution in [-0.2, 0) is 4.74 Å². The Morgan fingerprint density at radius 2 is 2.14 bits per heavy atom. The summed E-state index contributed by atoms with van der Waals surface area (Å²) >= 11 is 0. The molecule has 4 heteroatoms. The van der Waals surface area contributed by atoms with E-state index in [-0.39, 0.29) is 5.56 Å². The SMILES string of the molecule is CCOC1(C(O)c2c(F)ccc(C)c2F)CCCC(C)C1. The fraction of sp³-hybridized carbons (Fsp3) is 0.647. The minimum atomic E-state index is -1.28. The van der Waals surface area contributed by atoms with E-state index in [0.29, 0.717) is 30.9 Å². The highest BCUT2D eigenvalue weighted by molar-refractivity contribution is 5.30. The van der Waals surface area contributed by atoms with E-state index in [0.717, 1.165) is 12.8 Å². The lowest BCUT2D eigenvalue weighted by molar-refractivity contribution is -0.151. The molecule has 1 aromatic rings. The molecule has 21 heavy (non-hydrogen) atoms. The van der Waals surface area contributed by atoms with Crippen LogP contribution in [0.5, 0.6) is 0 Å². The summed E-state index contributed by atoms with van der Waals surface area (Å²) in [5.74, 6) is -1.00. The van der Waals surface area contributed by atoms with Crippen LogP contribution in [0, 0.1) is 24.5 Å². The van der Waals surface area contributed by atoms with E-state index >= 15 is 0 Å². The molecule has 0 amide bonds. The molecule has 1 aliphatic carbocycles. The lowest BCUT2D eigenvalue weighted by Gasteiger charge is -2.43. The standard InChI is InChI=1S/C17H24F2O2/c1-4-21-17(9-5-6-11(2)10-17)16(20)14-13(18)8-7-12(3)15(14)19/h7-8,11,16,20H,4-6,9-10H2,1-3H3. The van der Waals surface area contributed by atoms with E-state index in [1.807, 2.05) is 6.92 Å². The molecular formula is C17H24F2O2. The van der Waals surface area contributed by atoms with Crippen molar-refractivity contribution < 1.29 is 18.6 Å². The first kappa shape index (κ1) is 16.4. The Labute approximate surface area is 125 Å². The lowest BCUT2D eigenvalue weighted by Crippen LogP contribution is -2.44. The fourth-order valence-corrected chi connectivity index (χ4v) is 3.48. The predicted molar refractivity (Wildman–Crippen MR) is 78.0 cm³/mol. The number of hydrogen-bond donors (Lipinski definition) is 1. The molecule has 3 atom stereocenters. The Kier molecular flexibility index (Phi) is 4.99. The minimum absolute atomic E-state index is 0.252. The molecule has 2 nitrogen and oxygen atoms in total. The molecule has 1 fully saturated rings. The van der Waals surface area contributed by atoms with Gasteiger partial charge in [-0.25, -0.2) is 8.78 Å². The Balaban J connectivity index is 2.44. The van der Waals surface area contributed by atoms with E-state index in [1.54, 1.807) is 6.92 Å². The molecule has 0 heterocycles. The van der Waals surface area contributed by atoms with Gasteiger partial charge in [0, 0.05) is 6.61 Å². The zero-order valence-corrected chi connectivity index (χ0v) is 13.0. The number of ether oxygens (including phenoxy) is 1. The number of halogens is 2. The van der Waals surface area contributed by atoms with Crippen molar-refractivity contribution in [2.24, 2.45) is 5.92 Å². The third-order valence-corrected chi connectivity index (χ3v) is 4.51. The van der Waals surface area contributed by atoms with Gasteiger partial charge in [-0.1, -0.05) is 25.8 Å². The summed E-state index contributed by atoms with van der Waals surface area (Å²) in [5, 5.41) is 10.7. The van der Waals surface area contributed by atoms with Crippen LogP contribution < -0.4 is 0 Å². The summed E-state index contributed by atoms with van der Waals surface area (Å²) in [6, 6.07) is 2.60. The van der Waals surface area contributed by atoms with Crippen molar-refractivity contribution in [2.75, 3.05) is 6.61 Å². The van der Waals surface area contributed by atoms with Crippen molar-refractivity contribution in [3.8, 4) is 0 Å². The second kappa shape index (κ2) is 6.41. The molecule has 1 saturated carbocycles. The van der Waals surface area contributed by atoms with Gasteiger partial charge < -0.3 is 9.84 Å². The van der Waals surface area contributed by atoms with Gasteiger partial charge in [0.1, 0.15) is 17.7 Å². The molecular weight excluding hydrogens is 274 g/mol. The molecule has 2 rings (SSSR count). The van der Waals surface area contributed by atoms with E-state index in [2.05, 4.69) is 6.92 Å². The number of rotatable bonds is 4. The van der Waals surface area contributed by atoms with E-state index in [9.17, 15) is 13.9 Å². The van der Waals surface area contributed by atoms with Crippen molar-refractivity contribution in [1.29, 1.82) is 0 Å². The monoisotopic (exact) mass is 298 g/mol. The average molecular weight is 298 g/mol. The zero-order chi connectivity index (χ0) is 15.6. The van der Waals surface area contributed by atoms with Gasteiger partial charge in [-0.05, 0) is 44.2 Å². The molecule has 0 bridgehead atoms. The third-order valence-electron chi connectivity index (χ3n) is 4.51. The summed E-state index contributed by atoms with van der Waals surface area (Å²) in [6.45, 7) is 5.92. The van der Waals surface area contributed by atoms with Crippen LogP contribution in [-0.4, -0.2) is 17.3 Å². The third kappa shape index (κ3) is 3.11. The number of benzene rings is 1. The number of aryl methyl sites for hydroxylation is 1. The fourth-order valence-electron chi connectivity index (χ4n) is 3.48. The number of aliphatic hydroxyl groups excluding tert-OH is 1. The summed E-state index contributed by atoms with van der Waals surface area (Å²) in [7, 11) is 0. The maximum absolute atomic E-state index is 14.3. The first-order valence-corrected chi connectivity index (χ1v) is 7.68. The molecule has 3 unspecified atom stereocenters. The molecule has 1 N–H and O–H groups in total. The van der Waals surface area contributed by atoms with Crippen LogP contribution in [0.4, 0.5) is 8.78 Å². The average Bonchev–Trinajstić information content (AvgIpc) is 2.43. The molecule has 1 aliphatic rings. The highest BCUT2D eigenvalue weighted by atomic mass is 19.1. The highest BCUT2D eigenvalue weighted by Crippen LogP contribution is 2.45. The zero-order valence-electron chi connectivity index (χ0n) is 13.0. The quantitative estimate of drug-likeness (QED) is 0.898. The number of hydrogen-bond acceptors (Lipinski definition) is 2. The van der Waals surface area contributed by atoms with Gasteiger partial charge in [0.25, 0.3) is 0 Å². The van der Waals surface area contributed by atoms with Crippen LogP contribution in [0.15, 0.2) is 12.1 Å². The Morgan fingerprint density at radius 1 is 1.43 bits per heavy atom. The summed E-state index contributed by atoms with van der Waals surface area (Å²) in [4.78, 5) is 0. The second-order valence-corrected chi connectivity index (χ2v) is 6.19. The summed E-state index contributed by atoms with van der Waals surface area (Å²) in [6.07, 6.45) is 1.92. The van der Waals surface area contributed by atoms with Gasteiger partial charge in [0.2, 0.25) is 0 Å². The van der Waals surface area contributed by atoms with Crippen LogP contribution in [0.2, 0.25) is 0 Å². The Morgan fingerprint density at radius 3 is 2.76 bits per heavy atom. The smallest absolute Gasteiger partial charge is 0.134 e. The van der Waals surface area contributed by atoms with Crippen LogP contribution in [0.1, 0.15) is 56.8 Å². The molecule has 0 aliphatic heterocycles. The molecule has 0 aromatic heterocycles. The van der Waals surface area contributed by atoms with E-state index in [4.69, 9.17) is 4.74 Å². The van der Waals surface area contributed by atoms with E-state index < -0.39 is 23.3 Å². The van der Waals surface area contributed by atoms with Crippen molar-refractivity contribution >= 4 is 0 Å². The number of aliphatic hydroxyl groups is 1. The van der Waals surface area contributed by atoms with Gasteiger partial charge >= 0.3 is 0 Å². The van der Waals surface area contributed by atoms with Gasteiger partial charge in [0.15, 0.2) is 0 Å². The molecule has 0 saturated heterocycles. The van der Waals surface area contributed by atoms with Gasteiger partial charge in [-0.3, -0.25) is 0 Å². The first-order valence-electron chi connectivity index (χ1n) is 7.68. The Bertz CT molecular complexity index is 500. The van der Waals surface area contributed by atoms with Crippen LogP contribution >= 0.6 is 0 Å². The second-order valence-electron chi connectivity index (χ2n) is 6.19. The molecule has 1 aromatic carbocycles. The minimum Gasteiger partial charge on any atom is -0.385 e. The molecule has 0 spiro atoms. The van der Waals surface area contributed by atoms with Crippen molar-refractivity contribution in [3.63, 3.8) is 0 Å². The first-order chi connectivity index (χ1) is 9.91. The van der Waals surface area contributed by atoms with Crippen LogP contribution in [0.25, 0.3) is 0 Å². The van der Waals surface area contributed by atoms with Crippen molar-refractivity contribution in [1.82, 2.24) is 0 Å². The molecule has 118 valence electrons. The normalized spacial score (nSPS) is 27.6. The maximum atomic E-state index is 14.3. The van der Waals surface area contributed by atoms with Crippen LogP contribution in [0.3, 0.4) is 0 Å². The lowest BCUT2D eigenvalue weighted by atomic mass is 9.73. The highest BCUT2D eigenvalue weighted by Gasteiger charge is 2.44. The largest absolute Gasteiger partial charge is 0.385 e. The Hall–Kier alpha value is -1.00. The maximum Gasteiger partial charge on any atom is 0.134 e. The van der Waals surface area contributed by atoms with Crippen molar-refractivity contribution in [2.45, 2.75) is 58.2 Å². The summed E-state index contributed by atoms with van der Waals surface area (Å²) < 4.78 is 34.2.